The first-order valence-electron chi connectivity index (χ1n) is 3.86. The molecular weight excluding hydrogens is 200 g/mol. The number of rotatable bonds is 1. The molecule has 2 aromatic heterocycles. The second-order valence-corrected chi connectivity index (χ2v) is 3.00. The summed E-state index contributed by atoms with van der Waals surface area (Å²) in [6, 6.07) is 3.10. The van der Waals surface area contributed by atoms with Crippen molar-refractivity contribution in [2.75, 3.05) is 0 Å². The van der Waals surface area contributed by atoms with Crippen molar-refractivity contribution in [3.63, 3.8) is 0 Å². The van der Waals surface area contributed by atoms with Crippen LogP contribution in [0.25, 0.3) is 11.4 Å². The Balaban J connectivity index is 2.64. The molecule has 0 aliphatic carbocycles. The molecule has 2 heterocycles. The van der Waals surface area contributed by atoms with Crippen LogP contribution in [-0.2, 0) is 0 Å². The number of aromatic nitrogens is 4. The van der Waals surface area contributed by atoms with Crippen molar-refractivity contribution in [3.8, 4) is 11.4 Å². The van der Waals surface area contributed by atoms with Crippen LogP contribution in [0.4, 0.5) is 0 Å². The summed E-state index contributed by atoms with van der Waals surface area (Å²) in [5.74, 6) is 0. The molecule has 0 spiro atoms. The van der Waals surface area contributed by atoms with E-state index in [9.17, 15) is 4.79 Å². The van der Waals surface area contributed by atoms with Crippen LogP contribution in [0, 0.1) is 4.77 Å². The molecule has 70 valence electrons. The highest BCUT2D eigenvalue weighted by Gasteiger charge is 1.99. The number of aromatic amines is 2. The van der Waals surface area contributed by atoms with Crippen LogP contribution < -0.4 is 5.56 Å². The summed E-state index contributed by atoms with van der Waals surface area (Å²) >= 11 is 4.83. The van der Waals surface area contributed by atoms with E-state index < -0.39 is 0 Å². The summed E-state index contributed by atoms with van der Waals surface area (Å²) in [5.41, 5.74) is 0.973. The second kappa shape index (κ2) is 3.51. The molecule has 0 saturated heterocycles. The average Bonchev–Trinajstić information content (AvgIpc) is 2.18. The molecule has 0 aliphatic heterocycles. The highest BCUT2D eigenvalue weighted by molar-refractivity contribution is 7.71. The molecule has 5 nitrogen and oxygen atoms in total. The van der Waals surface area contributed by atoms with E-state index in [-0.39, 0.29) is 10.3 Å². The van der Waals surface area contributed by atoms with Gasteiger partial charge in [0.15, 0.2) is 4.77 Å². The van der Waals surface area contributed by atoms with Gasteiger partial charge < -0.3 is 4.98 Å². The predicted molar refractivity (Wildman–Crippen MR) is 53.3 cm³/mol. The van der Waals surface area contributed by atoms with Gasteiger partial charge in [-0.3, -0.25) is 9.78 Å². The van der Waals surface area contributed by atoms with Gasteiger partial charge in [-0.1, -0.05) is 0 Å². The maximum atomic E-state index is 11.1. The van der Waals surface area contributed by atoms with Crippen molar-refractivity contribution < 1.29 is 0 Å². The van der Waals surface area contributed by atoms with E-state index in [0.717, 1.165) is 0 Å². The fourth-order valence-corrected chi connectivity index (χ4v) is 1.27. The summed E-state index contributed by atoms with van der Waals surface area (Å²) in [6.45, 7) is 0. The Hall–Kier alpha value is -1.82. The van der Waals surface area contributed by atoms with Gasteiger partial charge >= 0.3 is 0 Å². The zero-order valence-electron chi connectivity index (χ0n) is 7.02. The van der Waals surface area contributed by atoms with Crippen LogP contribution in [0.2, 0.25) is 0 Å². The Kier molecular flexibility index (Phi) is 2.19. The maximum absolute atomic E-state index is 11.1. The average molecular weight is 206 g/mol. The molecule has 0 bridgehead atoms. The van der Waals surface area contributed by atoms with Gasteiger partial charge in [0, 0.05) is 12.3 Å². The molecule has 2 rings (SSSR count). The van der Waals surface area contributed by atoms with E-state index in [1.807, 2.05) is 0 Å². The van der Waals surface area contributed by atoms with E-state index in [1.165, 1.54) is 12.4 Å². The quantitative estimate of drug-likeness (QED) is 0.679. The van der Waals surface area contributed by atoms with Crippen LogP contribution in [-0.4, -0.2) is 19.9 Å². The molecule has 0 amide bonds. The van der Waals surface area contributed by atoms with E-state index in [4.69, 9.17) is 12.2 Å². The predicted octanol–water partition coefficient (Wildman–Crippen LogP) is 0.889. The van der Waals surface area contributed by atoms with E-state index in [1.54, 1.807) is 12.3 Å². The summed E-state index contributed by atoms with van der Waals surface area (Å²) < 4.78 is 0.283. The third-order valence-electron chi connectivity index (χ3n) is 1.62. The standard InChI is InChI=1S/C8H6N4OS/c13-7-3-6(11-8(14)12-7)5-1-2-9-4-10-5/h1-4H,(H2,11,12,13,14). The Bertz CT molecular complexity index is 517. The number of nitrogens with one attached hydrogen (secondary N) is 2. The zero-order valence-corrected chi connectivity index (χ0v) is 7.84. The van der Waals surface area contributed by atoms with Crippen molar-refractivity contribution in [2.24, 2.45) is 0 Å². The van der Waals surface area contributed by atoms with Crippen molar-refractivity contribution in [1.29, 1.82) is 0 Å². The smallest absolute Gasteiger partial charge is 0.252 e. The fraction of sp³-hybridized carbons (Fsp3) is 0. The first kappa shape index (κ1) is 8.76. The molecule has 14 heavy (non-hydrogen) atoms. The topological polar surface area (TPSA) is 74.4 Å². The molecule has 6 heteroatoms. The summed E-state index contributed by atoms with van der Waals surface area (Å²) in [7, 11) is 0. The third-order valence-corrected chi connectivity index (χ3v) is 1.82. The van der Waals surface area contributed by atoms with E-state index in [2.05, 4.69) is 19.9 Å². The monoisotopic (exact) mass is 206 g/mol. The molecule has 0 aromatic carbocycles. The lowest BCUT2D eigenvalue weighted by atomic mass is 10.3. The Morgan fingerprint density at radius 2 is 2.21 bits per heavy atom. The number of nitrogens with zero attached hydrogens (tertiary/aromatic N) is 2. The normalized spacial score (nSPS) is 10.0. The van der Waals surface area contributed by atoms with Gasteiger partial charge in [0.25, 0.3) is 5.56 Å². The SMILES string of the molecule is O=c1cc(-c2ccncn2)[nH]c(=S)[nH]1. The van der Waals surface area contributed by atoms with Crippen molar-refractivity contribution in [2.45, 2.75) is 0 Å². The van der Waals surface area contributed by atoms with Crippen LogP contribution in [0.5, 0.6) is 0 Å². The van der Waals surface area contributed by atoms with Crippen LogP contribution in [0.1, 0.15) is 0 Å². The van der Waals surface area contributed by atoms with E-state index in [0.29, 0.717) is 11.4 Å². The second-order valence-electron chi connectivity index (χ2n) is 2.60. The van der Waals surface area contributed by atoms with Gasteiger partial charge in [0.1, 0.15) is 6.33 Å². The summed E-state index contributed by atoms with van der Waals surface area (Å²) in [6.07, 6.45) is 3.01. The molecule has 0 saturated carbocycles. The molecule has 2 N–H and O–H groups in total. The van der Waals surface area contributed by atoms with Crippen molar-refractivity contribution in [1.82, 2.24) is 19.9 Å². The van der Waals surface area contributed by atoms with Gasteiger partial charge in [0.05, 0.1) is 11.4 Å². The maximum Gasteiger partial charge on any atom is 0.252 e. The summed E-state index contributed by atoms with van der Waals surface area (Å²) in [5, 5.41) is 0. The Morgan fingerprint density at radius 1 is 1.36 bits per heavy atom. The van der Waals surface area contributed by atoms with Crippen LogP contribution in [0.3, 0.4) is 0 Å². The van der Waals surface area contributed by atoms with Gasteiger partial charge in [0.2, 0.25) is 0 Å². The molecule has 0 radical (unpaired) electrons. The number of hydrogen-bond donors (Lipinski definition) is 2. The minimum absolute atomic E-state index is 0.248. The van der Waals surface area contributed by atoms with Gasteiger partial charge in [-0.15, -0.1) is 0 Å². The van der Waals surface area contributed by atoms with Gasteiger partial charge in [-0.25, -0.2) is 9.97 Å². The number of hydrogen-bond acceptors (Lipinski definition) is 4. The zero-order chi connectivity index (χ0) is 9.97. The first-order valence-corrected chi connectivity index (χ1v) is 4.26. The van der Waals surface area contributed by atoms with Crippen LogP contribution >= 0.6 is 12.2 Å². The number of H-pyrrole nitrogens is 2. The Labute approximate surface area is 83.9 Å². The van der Waals surface area contributed by atoms with Gasteiger partial charge in [-0.05, 0) is 18.3 Å². The summed E-state index contributed by atoms with van der Waals surface area (Å²) in [4.78, 5) is 24.1. The molecule has 0 unspecified atom stereocenters. The van der Waals surface area contributed by atoms with Crippen molar-refractivity contribution in [3.05, 3.63) is 39.8 Å². The highest BCUT2D eigenvalue weighted by Crippen LogP contribution is 2.08. The van der Waals surface area contributed by atoms with E-state index >= 15 is 0 Å². The van der Waals surface area contributed by atoms with Crippen molar-refractivity contribution >= 4 is 12.2 Å². The Morgan fingerprint density at radius 3 is 2.86 bits per heavy atom. The molecular formula is C8H6N4OS. The fourth-order valence-electron chi connectivity index (χ4n) is 1.06. The molecule has 0 fully saturated rings. The first-order chi connectivity index (χ1) is 6.75. The van der Waals surface area contributed by atoms with Gasteiger partial charge in [-0.2, -0.15) is 0 Å². The molecule has 0 atom stereocenters. The molecule has 2 aromatic rings. The minimum Gasteiger partial charge on any atom is -0.330 e. The minimum atomic E-state index is -0.248. The largest absolute Gasteiger partial charge is 0.330 e. The lowest BCUT2D eigenvalue weighted by Gasteiger charge is -1.98. The lowest BCUT2D eigenvalue weighted by molar-refractivity contribution is 1.07. The van der Waals surface area contributed by atoms with Crippen LogP contribution in [0.15, 0.2) is 29.5 Å². The highest BCUT2D eigenvalue weighted by atomic mass is 32.1. The third kappa shape index (κ3) is 1.74. The lowest BCUT2D eigenvalue weighted by Crippen LogP contribution is -2.06. The molecule has 0 aliphatic rings.